The summed E-state index contributed by atoms with van der Waals surface area (Å²) in [5.74, 6) is 0.0909. The highest BCUT2D eigenvalue weighted by molar-refractivity contribution is 5.92. The summed E-state index contributed by atoms with van der Waals surface area (Å²) < 4.78 is 0.775. The summed E-state index contributed by atoms with van der Waals surface area (Å²) in [7, 11) is 2.11. The fourth-order valence-corrected chi connectivity index (χ4v) is 1.94. The highest BCUT2D eigenvalue weighted by Gasteiger charge is 2.21. The van der Waals surface area contributed by atoms with Gasteiger partial charge in [0.15, 0.2) is 6.54 Å². The molecule has 108 valence electrons. The van der Waals surface area contributed by atoms with Crippen molar-refractivity contribution in [2.75, 3.05) is 32.0 Å². The van der Waals surface area contributed by atoms with Gasteiger partial charge in [-0.15, -0.1) is 0 Å². The van der Waals surface area contributed by atoms with Crippen molar-refractivity contribution in [1.82, 2.24) is 0 Å². The number of nitrogens with zero attached hydrogens (tertiary/aromatic N) is 1. The Balaban J connectivity index is 0.00000324. The summed E-state index contributed by atoms with van der Waals surface area (Å²) in [6.07, 6.45) is 0. The van der Waals surface area contributed by atoms with Gasteiger partial charge in [-0.05, 0) is 39.3 Å². The number of hydrogen-bond acceptors (Lipinski definition) is 1. The Hall–Kier alpha value is -0.620. The zero-order valence-corrected chi connectivity index (χ0v) is 14.7. The summed E-state index contributed by atoms with van der Waals surface area (Å²) in [6, 6.07) is 6.09. The molecule has 1 rings (SSSR count). The number of carbonyl (C=O) groups excluding carboxylic acids is 1. The number of benzene rings is 1. The predicted molar refractivity (Wildman–Crippen MR) is 76.7 cm³/mol. The van der Waals surface area contributed by atoms with E-state index in [4.69, 9.17) is 0 Å². The maximum Gasteiger partial charge on any atom is 0.279 e. The van der Waals surface area contributed by atoms with E-state index >= 15 is 0 Å². The van der Waals surface area contributed by atoms with Crippen LogP contribution >= 0.6 is 0 Å². The van der Waals surface area contributed by atoms with Gasteiger partial charge in [0.1, 0.15) is 0 Å². The first-order chi connectivity index (χ1) is 8.40. The topological polar surface area (TPSA) is 29.1 Å². The quantitative estimate of drug-likeness (QED) is 0.557. The number of halogens is 1. The molecule has 0 saturated heterocycles. The number of rotatable bonds is 5. The van der Waals surface area contributed by atoms with Crippen LogP contribution in [0, 0.1) is 13.8 Å². The molecule has 0 aliphatic carbocycles. The molecule has 0 spiro atoms. The fraction of sp³-hybridized carbons (Fsp3) is 0.533. The average molecular weight is 376 g/mol. The Morgan fingerprint density at radius 3 is 2.26 bits per heavy atom. The van der Waals surface area contributed by atoms with E-state index in [0.717, 1.165) is 28.8 Å². The molecule has 0 radical (unpaired) electrons. The number of carbonyl (C=O) groups is 1. The van der Waals surface area contributed by atoms with Gasteiger partial charge < -0.3 is 33.8 Å². The number of quaternary nitrogens is 1. The molecule has 0 aliphatic rings. The number of anilines is 1. The van der Waals surface area contributed by atoms with E-state index in [0.29, 0.717) is 6.54 Å². The van der Waals surface area contributed by atoms with E-state index in [2.05, 4.69) is 39.2 Å². The smallest absolute Gasteiger partial charge is 0.279 e. The highest BCUT2D eigenvalue weighted by atomic mass is 127. The van der Waals surface area contributed by atoms with Crippen LogP contribution in [0.15, 0.2) is 18.2 Å². The molecule has 1 N–H and O–H groups in total. The lowest BCUT2D eigenvalue weighted by atomic mass is 10.1. The molecule has 1 amide bonds. The van der Waals surface area contributed by atoms with E-state index in [9.17, 15) is 4.79 Å². The maximum absolute atomic E-state index is 12.1. The second-order valence-electron chi connectivity index (χ2n) is 5.28. The third kappa shape index (κ3) is 5.48. The zero-order valence-electron chi connectivity index (χ0n) is 12.6. The second-order valence-corrected chi connectivity index (χ2v) is 5.28. The number of aryl methyl sites for hydroxylation is 2. The molecular formula is C15H25IN2O. The monoisotopic (exact) mass is 376 g/mol. The minimum Gasteiger partial charge on any atom is -1.00 e. The van der Waals surface area contributed by atoms with Crippen LogP contribution in [0.4, 0.5) is 5.69 Å². The molecule has 1 aromatic rings. The molecule has 4 heteroatoms. The van der Waals surface area contributed by atoms with Gasteiger partial charge in [0, 0.05) is 5.69 Å². The van der Waals surface area contributed by atoms with Crippen molar-refractivity contribution in [3.63, 3.8) is 0 Å². The van der Waals surface area contributed by atoms with Crippen LogP contribution in [-0.2, 0) is 4.79 Å². The van der Waals surface area contributed by atoms with Crippen LogP contribution in [0.3, 0.4) is 0 Å². The van der Waals surface area contributed by atoms with Crippen LogP contribution < -0.4 is 29.3 Å². The lowest BCUT2D eigenvalue weighted by molar-refractivity contribution is -0.898. The van der Waals surface area contributed by atoms with Crippen LogP contribution in [0.1, 0.15) is 25.0 Å². The largest absolute Gasteiger partial charge is 1.00 e. The minimum absolute atomic E-state index is 0. The molecule has 19 heavy (non-hydrogen) atoms. The van der Waals surface area contributed by atoms with Crippen molar-refractivity contribution in [1.29, 1.82) is 0 Å². The Morgan fingerprint density at radius 1 is 1.21 bits per heavy atom. The van der Waals surface area contributed by atoms with Gasteiger partial charge in [-0.25, -0.2) is 0 Å². The first kappa shape index (κ1) is 18.4. The second kappa shape index (κ2) is 7.85. The minimum atomic E-state index is 0. The molecular weight excluding hydrogens is 351 g/mol. The molecule has 0 aromatic heterocycles. The molecule has 0 bridgehead atoms. The SMILES string of the molecule is CC[N+](C)(CC)CC(=O)Nc1ccc(C)cc1C.[I-]. The van der Waals surface area contributed by atoms with Crippen LogP contribution in [-0.4, -0.2) is 37.1 Å². The molecule has 0 unspecified atom stereocenters. The van der Waals surface area contributed by atoms with Gasteiger partial charge in [-0.2, -0.15) is 0 Å². The molecule has 3 nitrogen and oxygen atoms in total. The zero-order chi connectivity index (χ0) is 13.8. The Morgan fingerprint density at radius 2 is 1.79 bits per heavy atom. The number of amides is 1. The molecule has 0 heterocycles. The van der Waals surface area contributed by atoms with Crippen molar-refractivity contribution in [2.45, 2.75) is 27.7 Å². The van der Waals surface area contributed by atoms with Gasteiger partial charge >= 0.3 is 0 Å². The fourth-order valence-electron chi connectivity index (χ4n) is 1.94. The van der Waals surface area contributed by atoms with Crippen LogP contribution in [0.5, 0.6) is 0 Å². The summed E-state index contributed by atoms with van der Waals surface area (Å²) in [5, 5.41) is 3.01. The molecule has 1 aromatic carbocycles. The van der Waals surface area contributed by atoms with Crippen molar-refractivity contribution < 1.29 is 33.3 Å². The number of likely N-dealkylation sites (N-methyl/N-ethyl adjacent to an activating group) is 1. The summed E-state index contributed by atoms with van der Waals surface area (Å²) in [5.41, 5.74) is 3.25. The maximum atomic E-state index is 12.1. The van der Waals surface area contributed by atoms with E-state index in [-0.39, 0.29) is 29.9 Å². The van der Waals surface area contributed by atoms with Gasteiger partial charge in [0.2, 0.25) is 0 Å². The summed E-state index contributed by atoms with van der Waals surface area (Å²) in [4.78, 5) is 12.1. The van der Waals surface area contributed by atoms with Crippen molar-refractivity contribution in [3.05, 3.63) is 29.3 Å². The van der Waals surface area contributed by atoms with Crippen molar-refractivity contribution in [3.8, 4) is 0 Å². The summed E-state index contributed by atoms with van der Waals surface area (Å²) in [6.45, 7) is 10.8. The van der Waals surface area contributed by atoms with Gasteiger partial charge in [-0.3, -0.25) is 4.79 Å². The third-order valence-corrected chi connectivity index (χ3v) is 3.71. The Labute approximate surface area is 134 Å². The summed E-state index contributed by atoms with van der Waals surface area (Å²) >= 11 is 0. The lowest BCUT2D eigenvalue weighted by Crippen LogP contribution is -3.00. The lowest BCUT2D eigenvalue weighted by Gasteiger charge is -2.31. The van der Waals surface area contributed by atoms with Crippen molar-refractivity contribution >= 4 is 11.6 Å². The Bertz CT molecular complexity index is 428. The van der Waals surface area contributed by atoms with E-state index < -0.39 is 0 Å². The van der Waals surface area contributed by atoms with E-state index in [1.807, 2.05) is 19.1 Å². The first-order valence-corrected chi connectivity index (χ1v) is 6.61. The first-order valence-electron chi connectivity index (χ1n) is 6.61. The predicted octanol–water partition coefficient (Wildman–Crippen LogP) is -0.268. The number of hydrogen-bond donors (Lipinski definition) is 1. The Kier molecular flexibility index (Phi) is 7.59. The molecule has 0 atom stereocenters. The molecule has 0 aliphatic heterocycles. The van der Waals surface area contributed by atoms with Gasteiger partial charge in [0.25, 0.3) is 5.91 Å². The average Bonchev–Trinajstić information content (AvgIpc) is 2.32. The molecule has 0 fully saturated rings. The third-order valence-electron chi connectivity index (χ3n) is 3.71. The number of nitrogens with one attached hydrogen (secondary N) is 1. The van der Waals surface area contributed by atoms with E-state index in [1.165, 1.54) is 5.56 Å². The highest BCUT2D eigenvalue weighted by Crippen LogP contribution is 2.16. The van der Waals surface area contributed by atoms with Gasteiger partial charge in [-0.1, -0.05) is 17.7 Å². The van der Waals surface area contributed by atoms with Crippen LogP contribution in [0.2, 0.25) is 0 Å². The van der Waals surface area contributed by atoms with Crippen molar-refractivity contribution in [2.24, 2.45) is 0 Å². The standard InChI is InChI=1S/C15H24N2O.HI/c1-6-17(5,7-2)11-15(18)16-14-9-8-12(3)10-13(14)4;/h8-10H,6-7,11H2,1-5H3;1H. The van der Waals surface area contributed by atoms with Gasteiger partial charge in [0.05, 0.1) is 20.1 Å². The molecule has 0 saturated carbocycles. The normalized spacial score (nSPS) is 10.8. The van der Waals surface area contributed by atoms with E-state index in [1.54, 1.807) is 0 Å². The van der Waals surface area contributed by atoms with Crippen LogP contribution in [0.25, 0.3) is 0 Å².